The van der Waals surface area contributed by atoms with E-state index in [1.165, 1.54) is 0 Å². The molecule has 1 aromatic rings. The smallest absolute Gasteiger partial charge is 0.331 e. The fourth-order valence-electron chi connectivity index (χ4n) is 1.44. The standard InChI is InChI=1S/C12H14O2/c1-3-11(12(13)14)9(2)10-7-5-4-6-8-10/h4-8H,3H2,1-2H3,(H,13,14)/b11-9+. The number of hydrogen-bond acceptors (Lipinski definition) is 1. The van der Waals surface area contributed by atoms with Gasteiger partial charge in [-0.15, -0.1) is 0 Å². The van der Waals surface area contributed by atoms with Crippen LogP contribution in [0.2, 0.25) is 0 Å². The summed E-state index contributed by atoms with van der Waals surface area (Å²) in [6.07, 6.45) is 0.552. The van der Waals surface area contributed by atoms with Crippen LogP contribution in [-0.2, 0) is 4.79 Å². The van der Waals surface area contributed by atoms with Crippen molar-refractivity contribution < 1.29 is 9.90 Å². The molecule has 1 N–H and O–H groups in total. The SMILES string of the molecule is CC/C(C(=O)O)=C(/C)c1ccccc1. The van der Waals surface area contributed by atoms with Crippen molar-refractivity contribution in [2.45, 2.75) is 20.3 Å². The van der Waals surface area contributed by atoms with Gasteiger partial charge < -0.3 is 5.11 Å². The number of aliphatic carboxylic acids is 1. The van der Waals surface area contributed by atoms with Crippen molar-refractivity contribution in [1.29, 1.82) is 0 Å². The van der Waals surface area contributed by atoms with Gasteiger partial charge in [0.1, 0.15) is 0 Å². The molecule has 0 saturated carbocycles. The van der Waals surface area contributed by atoms with Gasteiger partial charge in [0.25, 0.3) is 0 Å². The zero-order chi connectivity index (χ0) is 10.6. The van der Waals surface area contributed by atoms with E-state index < -0.39 is 5.97 Å². The zero-order valence-electron chi connectivity index (χ0n) is 8.45. The lowest BCUT2D eigenvalue weighted by Crippen LogP contribution is -2.01. The molecule has 0 aliphatic carbocycles. The second-order valence-electron chi connectivity index (χ2n) is 3.13. The van der Waals surface area contributed by atoms with Gasteiger partial charge in [0.05, 0.1) is 0 Å². The Morgan fingerprint density at radius 1 is 1.29 bits per heavy atom. The fourth-order valence-corrected chi connectivity index (χ4v) is 1.44. The van der Waals surface area contributed by atoms with Crippen molar-refractivity contribution in [2.24, 2.45) is 0 Å². The van der Waals surface area contributed by atoms with Crippen LogP contribution in [0.1, 0.15) is 25.8 Å². The third-order valence-corrected chi connectivity index (χ3v) is 2.27. The van der Waals surface area contributed by atoms with Crippen LogP contribution in [0, 0.1) is 0 Å². The van der Waals surface area contributed by atoms with Gasteiger partial charge in [-0.2, -0.15) is 0 Å². The Morgan fingerprint density at radius 3 is 2.29 bits per heavy atom. The molecule has 0 saturated heterocycles. The number of rotatable bonds is 3. The van der Waals surface area contributed by atoms with Crippen LogP contribution in [-0.4, -0.2) is 11.1 Å². The van der Waals surface area contributed by atoms with Gasteiger partial charge in [0, 0.05) is 5.57 Å². The van der Waals surface area contributed by atoms with E-state index in [0.29, 0.717) is 12.0 Å². The largest absolute Gasteiger partial charge is 0.478 e. The second-order valence-corrected chi connectivity index (χ2v) is 3.13. The fraction of sp³-hybridized carbons (Fsp3) is 0.250. The van der Waals surface area contributed by atoms with Crippen LogP contribution in [0.3, 0.4) is 0 Å². The number of hydrogen-bond donors (Lipinski definition) is 1. The molecular weight excluding hydrogens is 176 g/mol. The predicted molar refractivity (Wildman–Crippen MR) is 57.0 cm³/mol. The summed E-state index contributed by atoms with van der Waals surface area (Å²) in [6.45, 7) is 3.71. The maximum absolute atomic E-state index is 10.9. The van der Waals surface area contributed by atoms with Crippen molar-refractivity contribution in [3.63, 3.8) is 0 Å². The summed E-state index contributed by atoms with van der Waals surface area (Å²) in [7, 11) is 0. The second kappa shape index (κ2) is 4.61. The highest BCUT2D eigenvalue weighted by Gasteiger charge is 2.09. The molecule has 0 amide bonds. The number of carboxylic acids is 1. The van der Waals surface area contributed by atoms with Crippen molar-refractivity contribution in [3.8, 4) is 0 Å². The maximum atomic E-state index is 10.9. The topological polar surface area (TPSA) is 37.3 Å². The lowest BCUT2D eigenvalue weighted by Gasteiger charge is -2.05. The van der Waals surface area contributed by atoms with E-state index in [-0.39, 0.29) is 0 Å². The van der Waals surface area contributed by atoms with E-state index >= 15 is 0 Å². The van der Waals surface area contributed by atoms with Crippen LogP contribution >= 0.6 is 0 Å². The summed E-state index contributed by atoms with van der Waals surface area (Å²) in [5, 5.41) is 8.95. The lowest BCUT2D eigenvalue weighted by atomic mass is 10.00. The Morgan fingerprint density at radius 2 is 1.86 bits per heavy atom. The zero-order valence-corrected chi connectivity index (χ0v) is 8.45. The van der Waals surface area contributed by atoms with Crippen molar-refractivity contribution in [3.05, 3.63) is 41.5 Å². The first-order valence-electron chi connectivity index (χ1n) is 4.65. The van der Waals surface area contributed by atoms with Crippen LogP contribution < -0.4 is 0 Å². The number of benzene rings is 1. The lowest BCUT2D eigenvalue weighted by molar-refractivity contribution is -0.132. The highest BCUT2D eigenvalue weighted by atomic mass is 16.4. The first-order chi connectivity index (χ1) is 6.66. The summed E-state index contributed by atoms with van der Waals surface area (Å²) in [6, 6.07) is 9.59. The molecule has 2 nitrogen and oxygen atoms in total. The summed E-state index contributed by atoms with van der Waals surface area (Å²) in [5.74, 6) is -0.825. The molecule has 2 heteroatoms. The van der Waals surface area contributed by atoms with Crippen LogP contribution in [0.5, 0.6) is 0 Å². The van der Waals surface area contributed by atoms with E-state index in [2.05, 4.69) is 0 Å². The Hall–Kier alpha value is -1.57. The van der Waals surface area contributed by atoms with Gasteiger partial charge in [-0.1, -0.05) is 37.3 Å². The first-order valence-corrected chi connectivity index (χ1v) is 4.65. The number of carbonyl (C=O) groups is 1. The normalized spacial score (nSPS) is 12.1. The van der Waals surface area contributed by atoms with Crippen LogP contribution in [0.25, 0.3) is 5.57 Å². The van der Waals surface area contributed by atoms with Gasteiger partial charge in [-0.25, -0.2) is 4.79 Å². The van der Waals surface area contributed by atoms with Crippen molar-refractivity contribution in [1.82, 2.24) is 0 Å². The number of allylic oxidation sites excluding steroid dienone is 1. The minimum absolute atomic E-state index is 0.483. The average molecular weight is 190 g/mol. The van der Waals surface area contributed by atoms with E-state index in [1.807, 2.05) is 44.2 Å². The monoisotopic (exact) mass is 190 g/mol. The molecule has 14 heavy (non-hydrogen) atoms. The Balaban J connectivity index is 3.15. The average Bonchev–Trinajstić information content (AvgIpc) is 2.19. The summed E-state index contributed by atoms with van der Waals surface area (Å²) in [4.78, 5) is 10.9. The molecule has 1 aromatic carbocycles. The molecule has 0 bridgehead atoms. The van der Waals surface area contributed by atoms with Crippen LogP contribution in [0.15, 0.2) is 35.9 Å². The van der Waals surface area contributed by atoms with E-state index in [4.69, 9.17) is 5.11 Å². The molecule has 0 unspecified atom stereocenters. The Bertz CT molecular complexity index is 350. The maximum Gasteiger partial charge on any atom is 0.331 e. The Labute approximate surface area is 83.9 Å². The van der Waals surface area contributed by atoms with Crippen molar-refractivity contribution in [2.75, 3.05) is 0 Å². The minimum atomic E-state index is -0.825. The number of carboxylic acid groups (broad SMARTS) is 1. The highest BCUT2D eigenvalue weighted by Crippen LogP contribution is 2.19. The molecule has 0 aliphatic heterocycles. The molecule has 0 atom stereocenters. The summed E-state index contributed by atoms with van der Waals surface area (Å²) < 4.78 is 0. The minimum Gasteiger partial charge on any atom is -0.478 e. The third kappa shape index (κ3) is 2.22. The van der Waals surface area contributed by atoms with Gasteiger partial charge in [-0.05, 0) is 24.5 Å². The molecule has 1 rings (SSSR count). The molecule has 0 fully saturated rings. The third-order valence-electron chi connectivity index (χ3n) is 2.27. The quantitative estimate of drug-likeness (QED) is 0.744. The molecule has 0 radical (unpaired) electrons. The highest BCUT2D eigenvalue weighted by molar-refractivity contribution is 5.95. The van der Waals surface area contributed by atoms with E-state index in [9.17, 15) is 4.79 Å². The molecule has 74 valence electrons. The van der Waals surface area contributed by atoms with Crippen molar-refractivity contribution >= 4 is 11.5 Å². The first kappa shape index (κ1) is 10.5. The van der Waals surface area contributed by atoms with E-state index in [1.54, 1.807) is 0 Å². The van der Waals surface area contributed by atoms with E-state index in [0.717, 1.165) is 11.1 Å². The summed E-state index contributed by atoms with van der Waals surface area (Å²) >= 11 is 0. The van der Waals surface area contributed by atoms with Gasteiger partial charge in [-0.3, -0.25) is 0 Å². The molecule has 0 spiro atoms. The molecular formula is C12H14O2. The molecule has 0 heterocycles. The van der Waals surface area contributed by atoms with Crippen LogP contribution in [0.4, 0.5) is 0 Å². The summed E-state index contributed by atoms with van der Waals surface area (Å²) in [5.41, 5.74) is 2.31. The Kier molecular flexibility index (Phi) is 3.46. The van der Waals surface area contributed by atoms with Gasteiger partial charge in [0.15, 0.2) is 0 Å². The van der Waals surface area contributed by atoms with Gasteiger partial charge >= 0.3 is 5.97 Å². The van der Waals surface area contributed by atoms with Gasteiger partial charge in [0.2, 0.25) is 0 Å². The predicted octanol–water partition coefficient (Wildman–Crippen LogP) is 2.95. The molecule has 0 aliphatic rings. The molecule has 0 aromatic heterocycles.